The van der Waals surface area contributed by atoms with Crippen LogP contribution in [0.5, 0.6) is 0 Å². The third-order valence-corrected chi connectivity index (χ3v) is 5.55. The van der Waals surface area contributed by atoms with Crippen molar-refractivity contribution in [3.8, 4) is 0 Å². The van der Waals surface area contributed by atoms with Crippen LogP contribution in [-0.4, -0.2) is 68.5 Å². The summed E-state index contributed by atoms with van der Waals surface area (Å²) in [6.45, 7) is 7.76. The molecule has 6 nitrogen and oxygen atoms in total. The van der Waals surface area contributed by atoms with Gasteiger partial charge in [-0.2, -0.15) is 17.0 Å². The summed E-state index contributed by atoms with van der Waals surface area (Å²) in [5, 5.41) is 3.23. The first-order chi connectivity index (χ1) is 7.94. The van der Waals surface area contributed by atoms with Crippen LogP contribution in [0.1, 0.15) is 13.8 Å². The van der Waals surface area contributed by atoms with Gasteiger partial charge in [0.25, 0.3) is 10.2 Å². The van der Waals surface area contributed by atoms with Crippen molar-refractivity contribution >= 4 is 10.2 Å². The molecule has 2 heterocycles. The first-order valence-electron chi connectivity index (χ1n) is 6.01. The van der Waals surface area contributed by atoms with Crippen molar-refractivity contribution in [2.45, 2.75) is 19.4 Å². The van der Waals surface area contributed by atoms with Crippen LogP contribution in [0.25, 0.3) is 0 Å². The van der Waals surface area contributed by atoms with Gasteiger partial charge in [0.05, 0.1) is 13.2 Å². The Kier molecular flexibility index (Phi) is 3.74. The standard InChI is InChI=1S/C10H21N3O3S/c1-10(2)9-11-3-4-13(10)17(14,15)12-5-7-16-8-6-12/h11H,3-9H2,1-2H3. The largest absolute Gasteiger partial charge is 0.379 e. The molecule has 0 amide bonds. The van der Waals surface area contributed by atoms with Crippen molar-refractivity contribution in [3.05, 3.63) is 0 Å². The van der Waals surface area contributed by atoms with E-state index >= 15 is 0 Å². The van der Waals surface area contributed by atoms with Gasteiger partial charge in [-0.25, -0.2) is 0 Å². The third kappa shape index (κ3) is 2.63. The lowest BCUT2D eigenvalue weighted by atomic mass is 10.0. The molecule has 0 atom stereocenters. The summed E-state index contributed by atoms with van der Waals surface area (Å²) in [6, 6.07) is 0. The number of hydrogen-bond acceptors (Lipinski definition) is 4. The highest BCUT2D eigenvalue weighted by Gasteiger charge is 2.41. The summed E-state index contributed by atoms with van der Waals surface area (Å²) in [7, 11) is -3.35. The number of morpholine rings is 1. The molecule has 2 aliphatic heterocycles. The second-order valence-electron chi connectivity index (χ2n) is 5.08. The van der Waals surface area contributed by atoms with Crippen LogP contribution in [0.15, 0.2) is 0 Å². The van der Waals surface area contributed by atoms with Gasteiger partial charge in [0.2, 0.25) is 0 Å². The summed E-state index contributed by atoms with van der Waals surface area (Å²) in [4.78, 5) is 0. The molecular weight excluding hydrogens is 242 g/mol. The summed E-state index contributed by atoms with van der Waals surface area (Å²) >= 11 is 0. The SMILES string of the molecule is CC1(C)CNCCN1S(=O)(=O)N1CCOCC1. The lowest BCUT2D eigenvalue weighted by molar-refractivity contribution is 0.0658. The number of rotatable bonds is 2. The van der Waals surface area contributed by atoms with E-state index in [2.05, 4.69) is 5.32 Å². The summed E-state index contributed by atoms with van der Waals surface area (Å²) in [5.41, 5.74) is -0.366. The predicted octanol–water partition coefficient (Wildman–Crippen LogP) is -0.753. The molecule has 1 N–H and O–H groups in total. The molecule has 100 valence electrons. The first kappa shape index (κ1) is 13.2. The Bertz CT molecular complexity index is 363. The van der Waals surface area contributed by atoms with Crippen molar-refractivity contribution in [3.63, 3.8) is 0 Å². The molecule has 2 saturated heterocycles. The Morgan fingerprint density at radius 3 is 2.41 bits per heavy atom. The minimum Gasteiger partial charge on any atom is -0.379 e. The summed E-state index contributed by atoms with van der Waals surface area (Å²) in [6.07, 6.45) is 0. The second kappa shape index (κ2) is 4.81. The molecule has 0 saturated carbocycles. The average molecular weight is 263 g/mol. The summed E-state index contributed by atoms with van der Waals surface area (Å²) < 4.78 is 33.4. The highest BCUT2D eigenvalue weighted by atomic mass is 32.2. The Morgan fingerprint density at radius 2 is 1.82 bits per heavy atom. The van der Waals surface area contributed by atoms with Crippen molar-refractivity contribution in [2.24, 2.45) is 0 Å². The average Bonchev–Trinajstić information content (AvgIpc) is 2.29. The van der Waals surface area contributed by atoms with Crippen molar-refractivity contribution in [1.29, 1.82) is 0 Å². The molecule has 0 spiro atoms. The zero-order chi connectivity index (χ0) is 12.5. The van der Waals surface area contributed by atoms with Crippen molar-refractivity contribution < 1.29 is 13.2 Å². The Balaban J connectivity index is 2.18. The molecule has 0 aliphatic carbocycles. The number of hydrogen-bond donors (Lipinski definition) is 1. The van der Waals surface area contributed by atoms with Gasteiger partial charge in [-0.1, -0.05) is 0 Å². The highest BCUT2D eigenvalue weighted by Crippen LogP contribution is 2.23. The van der Waals surface area contributed by atoms with Gasteiger partial charge in [-0.3, -0.25) is 0 Å². The molecular formula is C10H21N3O3S. The quantitative estimate of drug-likeness (QED) is 0.712. The smallest absolute Gasteiger partial charge is 0.282 e. The van der Waals surface area contributed by atoms with Crippen LogP contribution in [0.2, 0.25) is 0 Å². The Labute approximate surface area is 103 Å². The molecule has 0 radical (unpaired) electrons. The number of nitrogens with zero attached hydrogens (tertiary/aromatic N) is 2. The summed E-state index contributed by atoms with van der Waals surface area (Å²) in [5.74, 6) is 0. The maximum absolute atomic E-state index is 12.5. The van der Waals surface area contributed by atoms with Crippen molar-refractivity contribution in [2.75, 3.05) is 45.9 Å². The van der Waals surface area contributed by atoms with Crippen molar-refractivity contribution in [1.82, 2.24) is 13.9 Å². The van der Waals surface area contributed by atoms with Gasteiger partial charge in [-0.05, 0) is 13.8 Å². The van der Waals surface area contributed by atoms with Gasteiger partial charge in [0.1, 0.15) is 0 Å². The van der Waals surface area contributed by atoms with Gasteiger partial charge in [0.15, 0.2) is 0 Å². The zero-order valence-electron chi connectivity index (χ0n) is 10.5. The Hall–Kier alpha value is -0.210. The lowest BCUT2D eigenvalue weighted by Gasteiger charge is -2.44. The molecule has 2 rings (SSSR count). The zero-order valence-corrected chi connectivity index (χ0v) is 11.3. The topological polar surface area (TPSA) is 61.9 Å². The maximum atomic E-state index is 12.5. The van der Waals surface area contributed by atoms with Crippen LogP contribution < -0.4 is 5.32 Å². The molecule has 0 aromatic rings. The maximum Gasteiger partial charge on any atom is 0.282 e. The number of nitrogens with one attached hydrogen (secondary N) is 1. The molecule has 0 aromatic heterocycles. The van der Waals surface area contributed by atoms with Gasteiger partial charge >= 0.3 is 0 Å². The Morgan fingerprint density at radius 1 is 1.18 bits per heavy atom. The fourth-order valence-corrected chi connectivity index (χ4v) is 4.21. The molecule has 17 heavy (non-hydrogen) atoms. The lowest BCUT2D eigenvalue weighted by Crippen LogP contribution is -2.63. The van der Waals surface area contributed by atoms with E-state index in [-0.39, 0.29) is 5.54 Å². The van der Waals surface area contributed by atoms with E-state index in [0.717, 1.165) is 0 Å². The van der Waals surface area contributed by atoms with Crippen LogP contribution in [0.3, 0.4) is 0 Å². The van der Waals surface area contributed by atoms with E-state index < -0.39 is 10.2 Å². The third-order valence-electron chi connectivity index (χ3n) is 3.30. The molecule has 2 fully saturated rings. The molecule has 0 aromatic carbocycles. The predicted molar refractivity (Wildman–Crippen MR) is 65.0 cm³/mol. The van der Waals surface area contributed by atoms with Crippen LogP contribution >= 0.6 is 0 Å². The fraction of sp³-hybridized carbons (Fsp3) is 1.00. The van der Waals surface area contributed by atoms with E-state index in [1.807, 2.05) is 13.8 Å². The first-order valence-corrected chi connectivity index (χ1v) is 7.41. The van der Waals surface area contributed by atoms with Gasteiger partial charge in [0, 0.05) is 38.3 Å². The molecule has 2 aliphatic rings. The van der Waals surface area contributed by atoms with E-state index in [0.29, 0.717) is 45.9 Å². The minimum absolute atomic E-state index is 0.366. The molecule has 0 unspecified atom stereocenters. The molecule has 7 heteroatoms. The van der Waals surface area contributed by atoms with E-state index in [4.69, 9.17) is 4.74 Å². The van der Waals surface area contributed by atoms with E-state index in [1.54, 1.807) is 4.31 Å². The minimum atomic E-state index is -3.35. The fourth-order valence-electron chi connectivity index (χ4n) is 2.31. The monoisotopic (exact) mass is 263 g/mol. The number of piperazine rings is 1. The number of ether oxygens (including phenoxy) is 1. The van der Waals surface area contributed by atoms with E-state index in [9.17, 15) is 8.42 Å². The normalized spacial score (nSPS) is 28.1. The van der Waals surface area contributed by atoms with Gasteiger partial charge in [-0.15, -0.1) is 0 Å². The van der Waals surface area contributed by atoms with Crippen LogP contribution in [0.4, 0.5) is 0 Å². The second-order valence-corrected chi connectivity index (χ2v) is 6.93. The highest BCUT2D eigenvalue weighted by molar-refractivity contribution is 7.86. The van der Waals surface area contributed by atoms with E-state index in [1.165, 1.54) is 4.31 Å². The van der Waals surface area contributed by atoms with Gasteiger partial charge < -0.3 is 10.1 Å². The van der Waals surface area contributed by atoms with Crippen LogP contribution in [0, 0.1) is 0 Å². The van der Waals surface area contributed by atoms with Crippen LogP contribution in [-0.2, 0) is 14.9 Å². The molecule has 0 bridgehead atoms.